The number of halogens is 1. The van der Waals surface area contributed by atoms with E-state index in [0.29, 0.717) is 23.8 Å². The van der Waals surface area contributed by atoms with Gasteiger partial charge in [-0.25, -0.2) is 0 Å². The van der Waals surface area contributed by atoms with Gasteiger partial charge >= 0.3 is 0 Å². The first kappa shape index (κ1) is 16.9. The molecule has 0 saturated carbocycles. The highest BCUT2D eigenvalue weighted by Gasteiger charge is 2.12. The normalized spacial score (nSPS) is 11.7. The summed E-state index contributed by atoms with van der Waals surface area (Å²) >= 11 is 5.79. The Hall–Kier alpha value is -2.44. The third-order valence-electron chi connectivity index (χ3n) is 3.24. The van der Waals surface area contributed by atoms with Crippen LogP contribution in [0.3, 0.4) is 0 Å². The molecule has 2 rings (SSSR count). The number of rotatable bonds is 6. The standard InChI is InChI=1S/C16H16ClN3O3/c1-19(10-12-2-8-15(9-3-12)20(22)23)11-16(21)18-14-6-4-13(17)5-7-14/h2-9H,10-11H2,1H3,(H,18,21)/p+1. The van der Waals surface area contributed by atoms with E-state index in [0.717, 1.165) is 10.5 Å². The Labute approximate surface area is 138 Å². The van der Waals surface area contributed by atoms with Gasteiger partial charge in [0, 0.05) is 28.4 Å². The summed E-state index contributed by atoms with van der Waals surface area (Å²) in [4.78, 5) is 23.1. The highest BCUT2D eigenvalue weighted by Crippen LogP contribution is 2.13. The molecule has 2 aromatic rings. The van der Waals surface area contributed by atoms with Crippen molar-refractivity contribution >= 4 is 28.9 Å². The number of quaternary nitrogens is 1. The minimum atomic E-state index is -0.431. The van der Waals surface area contributed by atoms with Crippen LogP contribution in [0, 0.1) is 10.1 Å². The summed E-state index contributed by atoms with van der Waals surface area (Å²) in [6, 6.07) is 13.3. The predicted octanol–water partition coefficient (Wildman–Crippen LogP) is 1.90. The van der Waals surface area contributed by atoms with Crippen LogP contribution in [0.2, 0.25) is 5.02 Å². The van der Waals surface area contributed by atoms with Crippen LogP contribution in [0.25, 0.3) is 0 Å². The molecule has 0 aliphatic rings. The van der Waals surface area contributed by atoms with E-state index < -0.39 is 4.92 Å². The first-order chi connectivity index (χ1) is 10.9. The van der Waals surface area contributed by atoms with Crippen LogP contribution in [-0.2, 0) is 11.3 Å². The molecule has 0 aromatic heterocycles. The Bertz CT molecular complexity index is 687. The van der Waals surface area contributed by atoms with Crippen molar-refractivity contribution in [3.63, 3.8) is 0 Å². The average Bonchev–Trinajstić information content (AvgIpc) is 2.50. The van der Waals surface area contributed by atoms with E-state index in [1.54, 1.807) is 36.4 Å². The summed E-state index contributed by atoms with van der Waals surface area (Å²) in [5.74, 6) is -0.105. The van der Waals surface area contributed by atoms with Gasteiger partial charge in [0.15, 0.2) is 6.54 Å². The van der Waals surface area contributed by atoms with Gasteiger partial charge in [-0.15, -0.1) is 0 Å². The van der Waals surface area contributed by atoms with Gasteiger partial charge in [0.2, 0.25) is 0 Å². The van der Waals surface area contributed by atoms with Crippen molar-refractivity contribution in [3.8, 4) is 0 Å². The second kappa shape index (κ2) is 7.71. The Morgan fingerprint density at radius 1 is 1.17 bits per heavy atom. The number of anilines is 1. The predicted molar refractivity (Wildman–Crippen MR) is 88.6 cm³/mol. The number of likely N-dealkylation sites (N-methyl/N-ethyl adjacent to an activating group) is 1. The first-order valence-electron chi connectivity index (χ1n) is 7.04. The number of non-ortho nitro benzene ring substituents is 1. The molecule has 1 amide bonds. The van der Waals surface area contributed by atoms with Gasteiger partial charge in [0.05, 0.1) is 12.0 Å². The fourth-order valence-corrected chi connectivity index (χ4v) is 2.28. The molecular weight excluding hydrogens is 318 g/mol. The second-order valence-electron chi connectivity index (χ2n) is 5.29. The summed E-state index contributed by atoms with van der Waals surface area (Å²) < 4.78 is 0. The third kappa shape index (κ3) is 5.36. The number of amides is 1. The van der Waals surface area contributed by atoms with E-state index in [1.807, 2.05) is 7.05 Å². The molecule has 0 heterocycles. The zero-order chi connectivity index (χ0) is 16.8. The SMILES string of the molecule is C[NH+](CC(=O)Nc1ccc(Cl)cc1)Cc1ccc([N+](=O)[O-])cc1. The molecular formula is C16H17ClN3O3+. The highest BCUT2D eigenvalue weighted by atomic mass is 35.5. The molecule has 0 fully saturated rings. The zero-order valence-corrected chi connectivity index (χ0v) is 13.3. The van der Waals surface area contributed by atoms with Crippen LogP contribution in [0.5, 0.6) is 0 Å². The molecule has 0 bridgehead atoms. The van der Waals surface area contributed by atoms with Gasteiger partial charge in [-0.3, -0.25) is 14.9 Å². The molecule has 23 heavy (non-hydrogen) atoms. The van der Waals surface area contributed by atoms with E-state index in [4.69, 9.17) is 11.6 Å². The molecule has 120 valence electrons. The van der Waals surface area contributed by atoms with E-state index in [-0.39, 0.29) is 11.6 Å². The molecule has 1 atom stereocenters. The van der Waals surface area contributed by atoms with Gasteiger partial charge < -0.3 is 10.2 Å². The quantitative estimate of drug-likeness (QED) is 0.625. The van der Waals surface area contributed by atoms with E-state index in [1.165, 1.54) is 12.1 Å². The molecule has 6 nitrogen and oxygen atoms in total. The third-order valence-corrected chi connectivity index (χ3v) is 3.50. The Balaban J connectivity index is 1.86. The van der Waals surface area contributed by atoms with Gasteiger partial charge in [-0.1, -0.05) is 11.6 Å². The largest absolute Gasteiger partial charge is 0.326 e. The van der Waals surface area contributed by atoms with Crippen LogP contribution in [0.1, 0.15) is 5.56 Å². The van der Waals surface area contributed by atoms with Crippen molar-refractivity contribution < 1.29 is 14.6 Å². The van der Waals surface area contributed by atoms with Crippen molar-refractivity contribution in [3.05, 3.63) is 69.2 Å². The number of nitro groups is 1. The molecule has 0 aliphatic heterocycles. The lowest BCUT2D eigenvalue weighted by Crippen LogP contribution is -3.08. The Morgan fingerprint density at radius 2 is 1.78 bits per heavy atom. The number of nitro benzene ring substituents is 1. The average molecular weight is 335 g/mol. The summed E-state index contributed by atoms with van der Waals surface area (Å²) in [5.41, 5.74) is 1.70. The number of benzene rings is 2. The fraction of sp³-hybridized carbons (Fsp3) is 0.188. The number of nitrogens with one attached hydrogen (secondary N) is 2. The molecule has 0 saturated heterocycles. The zero-order valence-electron chi connectivity index (χ0n) is 12.6. The monoisotopic (exact) mass is 334 g/mol. The first-order valence-corrected chi connectivity index (χ1v) is 7.42. The van der Waals surface area contributed by atoms with Crippen LogP contribution < -0.4 is 10.2 Å². The van der Waals surface area contributed by atoms with Crippen molar-refractivity contribution in [1.82, 2.24) is 0 Å². The van der Waals surface area contributed by atoms with Gasteiger partial charge in [0.1, 0.15) is 6.54 Å². The molecule has 0 spiro atoms. The number of nitrogens with zero attached hydrogens (tertiary/aromatic N) is 1. The van der Waals surface area contributed by atoms with E-state index in [2.05, 4.69) is 5.32 Å². The highest BCUT2D eigenvalue weighted by molar-refractivity contribution is 6.30. The molecule has 7 heteroatoms. The summed E-state index contributed by atoms with van der Waals surface area (Å²) in [6.07, 6.45) is 0. The molecule has 0 aliphatic carbocycles. The van der Waals surface area contributed by atoms with Crippen molar-refractivity contribution in [1.29, 1.82) is 0 Å². The summed E-state index contributed by atoms with van der Waals surface area (Å²) in [6.45, 7) is 0.894. The Kier molecular flexibility index (Phi) is 5.67. The lowest BCUT2D eigenvalue weighted by atomic mass is 10.2. The molecule has 1 unspecified atom stereocenters. The molecule has 2 N–H and O–H groups in total. The fourth-order valence-electron chi connectivity index (χ4n) is 2.16. The molecule has 2 aromatic carbocycles. The van der Waals surface area contributed by atoms with Crippen LogP contribution in [0.4, 0.5) is 11.4 Å². The maximum Gasteiger partial charge on any atom is 0.279 e. The van der Waals surface area contributed by atoms with Crippen molar-refractivity contribution in [2.45, 2.75) is 6.54 Å². The van der Waals surface area contributed by atoms with Crippen molar-refractivity contribution in [2.24, 2.45) is 0 Å². The number of hydrogen-bond donors (Lipinski definition) is 2. The smallest absolute Gasteiger partial charge is 0.279 e. The lowest BCUT2D eigenvalue weighted by Gasteiger charge is -2.14. The van der Waals surface area contributed by atoms with Crippen LogP contribution in [0.15, 0.2) is 48.5 Å². The topological polar surface area (TPSA) is 76.7 Å². The van der Waals surface area contributed by atoms with Gasteiger partial charge in [-0.05, 0) is 36.4 Å². The summed E-state index contributed by atoms with van der Waals surface area (Å²) in [5, 5.41) is 14.0. The summed E-state index contributed by atoms with van der Waals surface area (Å²) in [7, 11) is 1.89. The lowest BCUT2D eigenvalue weighted by molar-refractivity contribution is -0.885. The van der Waals surface area contributed by atoms with Crippen LogP contribution >= 0.6 is 11.6 Å². The number of carbonyl (C=O) groups excluding carboxylic acids is 1. The minimum Gasteiger partial charge on any atom is -0.326 e. The molecule has 0 radical (unpaired) electrons. The second-order valence-corrected chi connectivity index (χ2v) is 5.73. The van der Waals surface area contributed by atoms with E-state index >= 15 is 0 Å². The minimum absolute atomic E-state index is 0.0619. The van der Waals surface area contributed by atoms with Crippen molar-refractivity contribution in [2.75, 3.05) is 18.9 Å². The van der Waals surface area contributed by atoms with Gasteiger partial charge in [-0.2, -0.15) is 0 Å². The maximum atomic E-state index is 12.0. The van der Waals surface area contributed by atoms with Crippen LogP contribution in [-0.4, -0.2) is 24.4 Å². The van der Waals surface area contributed by atoms with Gasteiger partial charge in [0.25, 0.3) is 11.6 Å². The Morgan fingerprint density at radius 3 is 2.35 bits per heavy atom. The van der Waals surface area contributed by atoms with E-state index in [9.17, 15) is 14.9 Å². The number of hydrogen-bond acceptors (Lipinski definition) is 3. The number of carbonyl (C=O) groups is 1. The maximum absolute atomic E-state index is 12.0.